The zero-order chi connectivity index (χ0) is 9.42. The molecule has 2 N–H and O–H groups in total. The monoisotopic (exact) mass is 209 g/mol. The van der Waals surface area contributed by atoms with Gasteiger partial charge in [0.05, 0.1) is 5.00 Å². The molecule has 4 heteroatoms. The van der Waals surface area contributed by atoms with Crippen LogP contribution in [0.3, 0.4) is 0 Å². The van der Waals surface area contributed by atoms with Gasteiger partial charge in [0.2, 0.25) is 0 Å². The number of hydrogen-bond donors (Lipinski definition) is 2. The summed E-state index contributed by atoms with van der Waals surface area (Å²) >= 11 is 5.61. The van der Waals surface area contributed by atoms with Gasteiger partial charge in [0.15, 0.2) is 6.29 Å². The van der Waals surface area contributed by atoms with Crippen molar-refractivity contribution in [3.05, 3.63) is 23.8 Å². The summed E-state index contributed by atoms with van der Waals surface area (Å²) in [5.41, 5.74) is 6.27. The van der Waals surface area contributed by atoms with Gasteiger partial charge in [-0.2, -0.15) is 0 Å². The molecule has 0 aliphatic heterocycles. The van der Waals surface area contributed by atoms with Crippen molar-refractivity contribution in [3.63, 3.8) is 0 Å². The van der Waals surface area contributed by atoms with Crippen molar-refractivity contribution >= 4 is 45.3 Å². The third-order valence-corrected chi connectivity index (χ3v) is 3.24. The largest absolute Gasteiger partial charge is 0.391 e. The number of anilines is 1. The van der Waals surface area contributed by atoms with Crippen LogP contribution in [0, 0.1) is 0 Å². The highest BCUT2D eigenvalue weighted by Crippen LogP contribution is 2.32. The van der Waals surface area contributed by atoms with Gasteiger partial charge in [0.25, 0.3) is 0 Å². The van der Waals surface area contributed by atoms with Crippen LogP contribution in [0.4, 0.5) is 5.00 Å². The van der Waals surface area contributed by atoms with E-state index in [0.717, 1.165) is 21.4 Å². The lowest BCUT2D eigenvalue weighted by molar-refractivity contribution is 0.112. The summed E-state index contributed by atoms with van der Waals surface area (Å²) in [6.07, 6.45) is 0.820. The van der Waals surface area contributed by atoms with E-state index in [2.05, 4.69) is 12.6 Å². The SMILES string of the molecule is Nc1cc2ccc(S)c(C=O)c2s1. The van der Waals surface area contributed by atoms with E-state index in [-0.39, 0.29) is 0 Å². The Hall–Kier alpha value is -1.00. The van der Waals surface area contributed by atoms with E-state index < -0.39 is 0 Å². The minimum absolute atomic E-state index is 0.627. The highest BCUT2D eigenvalue weighted by molar-refractivity contribution is 7.80. The van der Waals surface area contributed by atoms with Crippen LogP contribution in [0.1, 0.15) is 10.4 Å². The van der Waals surface area contributed by atoms with Crippen LogP contribution in [0.15, 0.2) is 23.1 Å². The number of thiol groups is 1. The molecule has 0 bridgehead atoms. The van der Waals surface area contributed by atoms with Crippen LogP contribution in [0.25, 0.3) is 10.1 Å². The maximum absolute atomic E-state index is 10.8. The zero-order valence-electron chi connectivity index (χ0n) is 6.65. The third kappa shape index (κ3) is 1.32. The number of nitrogen functional groups attached to an aromatic ring is 1. The smallest absolute Gasteiger partial charge is 0.152 e. The van der Waals surface area contributed by atoms with Gasteiger partial charge in [-0.05, 0) is 17.5 Å². The second-order valence-corrected chi connectivity index (χ2v) is 4.25. The first-order chi connectivity index (χ1) is 6.22. The summed E-state index contributed by atoms with van der Waals surface area (Å²) in [4.78, 5) is 11.5. The lowest BCUT2D eigenvalue weighted by Crippen LogP contribution is -1.81. The first kappa shape index (κ1) is 8.59. The first-order valence-corrected chi connectivity index (χ1v) is 4.95. The Labute approximate surface area is 84.8 Å². The Balaban J connectivity index is 2.90. The number of rotatable bonds is 1. The molecule has 0 spiro atoms. The van der Waals surface area contributed by atoms with E-state index in [9.17, 15) is 4.79 Å². The lowest BCUT2D eigenvalue weighted by atomic mass is 10.2. The molecule has 0 saturated carbocycles. The van der Waals surface area contributed by atoms with Gasteiger partial charge in [-0.3, -0.25) is 4.79 Å². The van der Waals surface area contributed by atoms with E-state index in [0.29, 0.717) is 10.5 Å². The molecule has 0 fully saturated rings. The summed E-state index contributed by atoms with van der Waals surface area (Å²) in [6, 6.07) is 5.58. The fraction of sp³-hybridized carbons (Fsp3) is 0. The topological polar surface area (TPSA) is 43.1 Å². The van der Waals surface area contributed by atoms with Crippen LogP contribution in [0.2, 0.25) is 0 Å². The van der Waals surface area contributed by atoms with Gasteiger partial charge in [0, 0.05) is 15.2 Å². The number of nitrogens with two attached hydrogens (primary N) is 1. The Kier molecular flexibility index (Phi) is 2.01. The second kappa shape index (κ2) is 3.05. The van der Waals surface area contributed by atoms with Crippen molar-refractivity contribution < 1.29 is 4.79 Å². The molecule has 2 aromatic rings. The highest BCUT2D eigenvalue weighted by Gasteiger charge is 2.06. The van der Waals surface area contributed by atoms with Gasteiger partial charge in [-0.1, -0.05) is 6.07 Å². The Bertz CT molecular complexity index is 476. The Morgan fingerprint density at radius 2 is 2.23 bits per heavy atom. The quantitative estimate of drug-likeness (QED) is 0.560. The standard InChI is InChI=1S/C9H7NOS2/c10-8-3-5-1-2-7(12)6(4-11)9(5)13-8/h1-4,12H,10H2. The lowest BCUT2D eigenvalue weighted by Gasteiger charge is -1.97. The summed E-state index contributed by atoms with van der Waals surface area (Å²) in [5.74, 6) is 0. The van der Waals surface area contributed by atoms with Crippen LogP contribution < -0.4 is 5.73 Å². The number of benzene rings is 1. The van der Waals surface area contributed by atoms with Crippen molar-refractivity contribution in [1.29, 1.82) is 0 Å². The molecular formula is C9H7NOS2. The van der Waals surface area contributed by atoms with Gasteiger partial charge in [-0.15, -0.1) is 24.0 Å². The minimum Gasteiger partial charge on any atom is -0.391 e. The van der Waals surface area contributed by atoms with E-state index in [1.54, 1.807) is 6.07 Å². The molecule has 0 atom stereocenters. The van der Waals surface area contributed by atoms with Crippen molar-refractivity contribution in [2.24, 2.45) is 0 Å². The van der Waals surface area contributed by atoms with Crippen LogP contribution in [-0.2, 0) is 0 Å². The number of carbonyl (C=O) groups excluding carboxylic acids is 1. The second-order valence-electron chi connectivity index (χ2n) is 2.68. The number of fused-ring (bicyclic) bond motifs is 1. The normalized spacial score (nSPS) is 10.5. The molecule has 2 nitrogen and oxygen atoms in total. The average Bonchev–Trinajstić information content (AvgIpc) is 2.45. The Morgan fingerprint density at radius 3 is 2.92 bits per heavy atom. The molecule has 66 valence electrons. The van der Waals surface area contributed by atoms with E-state index >= 15 is 0 Å². The maximum atomic E-state index is 10.8. The molecular weight excluding hydrogens is 202 g/mol. The highest BCUT2D eigenvalue weighted by atomic mass is 32.1. The van der Waals surface area contributed by atoms with Gasteiger partial charge in [-0.25, -0.2) is 0 Å². The summed E-state index contributed by atoms with van der Waals surface area (Å²) < 4.78 is 0.917. The maximum Gasteiger partial charge on any atom is 0.152 e. The van der Waals surface area contributed by atoms with Crippen molar-refractivity contribution in [3.8, 4) is 0 Å². The zero-order valence-corrected chi connectivity index (χ0v) is 8.36. The molecule has 0 amide bonds. The minimum atomic E-state index is 0.627. The molecule has 1 aromatic heterocycles. The fourth-order valence-corrected chi connectivity index (χ4v) is 2.50. The molecule has 2 rings (SSSR count). The third-order valence-electron chi connectivity index (χ3n) is 1.84. The van der Waals surface area contributed by atoms with Gasteiger partial charge >= 0.3 is 0 Å². The molecule has 1 heterocycles. The molecule has 1 aromatic carbocycles. The fourth-order valence-electron chi connectivity index (χ4n) is 1.25. The van der Waals surface area contributed by atoms with E-state index in [1.165, 1.54) is 11.3 Å². The van der Waals surface area contributed by atoms with Gasteiger partial charge in [0.1, 0.15) is 0 Å². The van der Waals surface area contributed by atoms with Gasteiger partial charge < -0.3 is 5.73 Å². The summed E-state index contributed by atoms with van der Waals surface area (Å²) in [6.45, 7) is 0. The average molecular weight is 209 g/mol. The van der Waals surface area contributed by atoms with Crippen LogP contribution in [-0.4, -0.2) is 6.29 Å². The van der Waals surface area contributed by atoms with Crippen LogP contribution >= 0.6 is 24.0 Å². The molecule has 13 heavy (non-hydrogen) atoms. The number of thiophene rings is 1. The predicted molar refractivity (Wildman–Crippen MR) is 58.9 cm³/mol. The molecule has 0 radical (unpaired) electrons. The molecule has 0 aliphatic carbocycles. The summed E-state index contributed by atoms with van der Waals surface area (Å²) in [7, 11) is 0. The van der Waals surface area contributed by atoms with Crippen molar-refractivity contribution in [2.75, 3.05) is 5.73 Å². The van der Waals surface area contributed by atoms with Crippen molar-refractivity contribution in [1.82, 2.24) is 0 Å². The Morgan fingerprint density at radius 1 is 1.46 bits per heavy atom. The van der Waals surface area contributed by atoms with E-state index in [4.69, 9.17) is 5.73 Å². The van der Waals surface area contributed by atoms with Crippen LogP contribution in [0.5, 0.6) is 0 Å². The molecule has 0 saturated heterocycles. The molecule has 0 aliphatic rings. The molecule has 0 unspecified atom stereocenters. The van der Waals surface area contributed by atoms with E-state index in [1.807, 2.05) is 12.1 Å². The number of carbonyl (C=O) groups is 1. The number of hydrogen-bond acceptors (Lipinski definition) is 4. The number of aldehydes is 1. The summed E-state index contributed by atoms with van der Waals surface area (Å²) in [5, 5.41) is 1.72. The predicted octanol–water partition coefficient (Wildman–Crippen LogP) is 2.58. The first-order valence-electron chi connectivity index (χ1n) is 3.68. The van der Waals surface area contributed by atoms with Crippen molar-refractivity contribution in [2.45, 2.75) is 4.90 Å².